The monoisotopic (exact) mass is 569 g/mol. The minimum absolute atomic E-state index is 0.154. The van der Waals surface area contributed by atoms with E-state index in [4.69, 9.17) is 4.74 Å². The number of rotatable bonds is 13. The van der Waals surface area contributed by atoms with E-state index < -0.39 is 40.2 Å². The van der Waals surface area contributed by atoms with Crippen LogP contribution in [-0.4, -0.2) is 56.6 Å². The van der Waals surface area contributed by atoms with Gasteiger partial charge in [-0.1, -0.05) is 48.5 Å². The van der Waals surface area contributed by atoms with E-state index in [-0.39, 0.29) is 30.3 Å². The summed E-state index contributed by atoms with van der Waals surface area (Å²) in [4.78, 5) is 28.7. The molecule has 0 fully saturated rings. The Morgan fingerprint density at radius 3 is 2.15 bits per heavy atom. The highest BCUT2D eigenvalue weighted by Crippen LogP contribution is 2.23. The van der Waals surface area contributed by atoms with E-state index in [0.29, 0.717) is 12.4 Å². The van der Waals surface area contributed by atoms with E-state index in [1.165, 1.54) is 23.1 Å². The molecule has 0 saturated heterocycles. The molecule has 0 unspecified atom stereocenters. The third-order valence-corrected chi connectivity index (χ3v) is 7.26. The number of benzene rings is 3. The number of nitrogens with one attached hydrogen (secondary N) is 1. The van der Waals surface area contributed by atoms with Gasteiger partial charge in [0.1, 0.15) is 24.2 Å². The summed E-state index contributed by atoms with van der Waals surface area (Å²) in [7, 11) is -3.91. The van der Waals surface area contributed by atoms with E-state index in [1.54, 1.807) is 44.2 Å². The number of anilines is 1. The third-order valence-electron chi connectivity index (χ3n) is 6.12. The zero-order valence-corrected chi connectivity index (χ0v) is 24.0. The summed E-state index contributed by atoms with van der Waals surface area (Å²) >= 11 is 0. The Kier molecular flexibility index (Phi) is 10.7. The zero-order valence-electron chi connectivity index (χ0n) is 23.2. The number of ether oxygens (including phenoxy) is 1. The predicted octanol–water partition coefficient (Wildman–Crippen LogP) is 4.16. The Balaban J connectivity index is 2.04. The number of nitrogens with zero attached hydrogens (tertiary/aromatic N) is 2. The van der Waals surface area contributed by atoms with Crippen molar-refractivity contribution in [1.82, 2.24) is 10.2 Å². The van der Waals surface area contributed by atoms with Crippen LogP contribution in [0.25, 0.3) is 0 Å². The summed E-state index contributed by atoms with van der Waals surface area (Å²) in [6.45, 7) is 5.08. The Morgan fingerprint density at radius 1 is 0.950 bits per heavy atom. The fourth-order valence-electron chi connectivity index (χ4n) is 4.23. The molecule has 214 valence electrons. The van der Waals surface area contributed by atoms with Gasteiger partial charge in [0.2, 0.25) is 21.8 Å². The normalized spacial score (nSPS) is 12.1. The van der Waals surface area contributed by atoms with Crippen LogP contribution < -0.4 is 14.4 Å². The molecule has 0 heterocycles. The van der Waals surface area contributed by atoms with Gasteiger partial charge in [-0.05, 0) is 56.7 Å². The first-order valence-electron chi connectivity index (χ1n) is 13.1. The van der Waals surface area contributed by atoms with Crippen molar-refractivity contribution >= 4 is 27.5 Å². The smallest absolute Gasteiger partial charge is 0.244 e. The highest BCUT2D eigenvalue weighted by Gasteiger charge is 2.33. The molecule has 3 rings (SSSR count). The van der Waals surface area contributed by atoms with Gasteiger partial charge in [0, 0.05) is 24.6 Å². The quantitative estimate of drug-likeness (QED) is 0.334. The van der Waals surface area contributed by atoms with Crippen molar-refractivity contribution < 1.29 is 27.1 Å². The van der Waals surface area contributed by atoms with Crippen LogP contribution in [0.4, 0.5) is 10.1 Å². The van der Waals surface area contributed by atoms with Crippen LogP contribution >= 0.6 is 0 Å². The van der Waals surface area contributed by atoms with Crippen molar-refractivity contribution in [2.75, 3.05) is 23.7 Å². The summed E-state index contributed by atoms with van der Waals surface area (Å²) in [5.41, 5.74) is 1.26. The fourth-order valence-corrected chi connectivity index (χ4v) is 5.08. The standard InChI is InChI=1S/C30H36FN3O5S/c1-5-39-26-17-15-25(16-18-26)34(40(4,37)38)21-29(35)33(20-24-13-9-10-14-27(24)31)28(30(36)32-22(2)3)19-23-11-7-6-8-12-23/h6-18,22,28H,5,19-21H2,1-4H3,(H,32,36)/t28-/m1/s1. The molecule has 3 aromatic rings. The Morgan fingerprint density at radius 2 is 1.57 bits per heavy atom. The van der Waals surface area contributed by atoms with Crippen molar-refractivity contribution in [3.05, 3.63) is 95.8 Å². The Hall–Kier alpha value is -3.92. The molecule has 0 saturated carbocycles. The maximum atomic E-state index is 14.8. The molecule has 2 amide bonds. The molecule has 0 aliphatic heterocycles. The maximum absolute atomic E-state index is 14.8. The molecular weight excluding hydrogens is 533 g/mol. The van der Waals surface area contributed by atoms with Gasteiger partial charge in [-0.25, -0.2) is 12.8 Å². The number of hydrogen-bond donors (Lipinski definition) is 1. The van der Waals surface area contributed by atoms with E-state index in [2.05, 4.69) is 5.32 Å². The van der Waals surface area contributed by atoms with Crippen molar-refractivity contribution in [3.63, 3.8) is 0 Å². The van der Waals surface area contributed by atoms with Gasteiger partial charge < -0.3 is 15.0 Å². The molecule has 8 nitrogen and oxygen atoms in total. The number of hydrogen-bond acceptors (Lipinski definition) is 5. The summed E-state index contributed by atoms with van der Waals surface area (Å²) in [6, 6.07) is 20.3. The van der Waals surface area contributed by atoms with Crippen molar-refractivity contribution in [3.8, 4) is 5.75 Å². The molecule has 3 aromatic carbocycles. The largest absolute Gasteiger partial charge is 0.494 e. The lowest BCUT2D eigenvalue weighted by Gasteiger charge is -2.34. The van der Waals surface area contributed by atoms with Gasteiger partial charge in [-0.3, -0.25) is 13.9 Å². The lowest BCUT2D eigenvalue weighted by Crippen LogP contribution is -2.54. The first-order chi connectivity index (χ1) is 19.0. The average Bonchev–Trinajstić information content (AvgIpc) is 2.90. The average molecular weight is 570 g/mol. The third kappa shape index (κ3) is 8.54. The van der Waals surface area contributed by atoms with Crippen molar-refractivity contribution in [1.29, 1.82) is 0 Å². The van der Waals surface area contributed by atoms with Gasteiger partial charge in [0.05, 0.1) is 18.6 Å². The van der Waals surface area contributed by atoms with Crippen LogP contribution in [0.5, 0.6) is 5.75 Å². The summed E-state index contributed by atoms with van der Waals surface area (Å²) in [5, 5.41) is 2.86. The van der Waals surface area contributed by atoms with Crippen LogP contribution in [0.1, 0.15) is 31.9 Å². The number of carbonyl (C=O) groups excluding carboxylic acids is 2. The number of carbonyl (C=O) groups is 2. The highest BCUT2D eigenvalue weighted by atomic mass is 32.2. The Bertz CT molecular complexity index is 1380. The van der Waals surface area contributed by atoms with Gasteiger partial charge in [-0.2, -0.15) is 0 Å². The van der Waals surface area contributed by atoms with E-state index in [9.17, 15) is 22.4 Å². The SMILES string of the molecule is CCOc1ccc(N(CC(=O)N(Cc2ccccc2F)[C@H](Cc2ccccc2)C(=O)NC(C)C)S(C)(=O)=O)cc1. The second-order valence-electron chi connectivity index (χ2n) is 9.68. The molecule has 0 bridgehead atoms. The first-order valence-corrected chi connectivity index (χ1v) is 14.9. The molecule has 1 N–H and O–H groups in total. The molecule has 0 aliphatic rings. The zero-order chi connectivity index (χ0) is 29.3. The second-order valence-corrected chi connectivity index (χ2v) is 11.6. The topological polar surface area (TPSA) is 96.0 Å². The van der Waals surface area contributed by atoms with Crippen LogP contribution in [0.3, 0.4) is 0 Å². The van der Waals surface area contributed by atoms with Gasteiger partial charge >= 0.3 is 0 Å². The second kappa shape index (κ2) is 13.9. The lowest BCUT2D eigenvalue weighted by atomic mass is 10.0. The highest BCUT2D eigenvalue weighted by molar-refractivity contribution is 7.92. The van der Waals surface area contributed by atoms with Crippen LogP contribution in [0.15, 0.2) is 78.9 Å². The molecule has 0 radical (unpaired) electrons. The summed E-state index contributed by atoms with van der Waals surface area (Å²) in [6.07, 6.45) is 1.16. The van der Waals surface area contributed by atoms with Gasteiger partial charge in [0.15, 0.2) is 0 Å². The predicted molar refractivity (Wildman–Crippen MR) is 154 cm³/mol. The summed E-state index contributed by atoms with van der Waals surface area (Å²) in [5.74, 6) is -1.05. The molecule has 1 atom stereocenters. The van der Waals surface area contributed by atoms with Crippen LogP contribution in [0.2, 0.25) is 0 Å². The molecule has 10 heteroatoms. The van der Waals surface area contributed by atoms with E-state index >= 15 is 0 Å². The molecular formula is C30H36FN3O5S. The number of halogens is 1. The van der Waals surface area contributed by atoms with Gasteiger partial charge in [0.25, 0.3) is 0 Å². The molecule has 0 aromatic heterocycles. The minimum atomic E-state index is -3.91. The van der Waals surface area contributed by atoms with Crippen LogP contribution in [-0.2, 0) is 32.6 Å². The minimum Gasteiger partial charge on any atom is -0.494 e. The Labute approximate surface area is 235 Å². The maximum Gasteiger partial charge on any atom is 0.244 e. The van der Waals surface area contributed by atoms with Crippen molar-refractivity contribution in [2.24, 2.45) is 0 Å². The molecule has 0 aliphatic carbocycles. The fraction of sp³-hybridized carbons (Fsp3) is 0.333. The number of sulfonamides is 1. The molecule has 0 spiro atoms. The van der Waals surface area contributed by atoms with Crippen LogP contribution in [0, 0.1) is 5.82 Å². The van der Waals surface area contributed by atoms with E-state index in [0.717, 1.165) is 16.1 Å². The first kappa shape index (κ1) is 30.6. The van der Waals surface area contributed by atoms with E-state index in [1.807, 2.05) is 37.3 Å². The number of amides is 2. The lowest BCUT2D eigenvalue weighted by molar-refractivity contribution is -0.140. The van der Waals surface area contributed by atoms with Crippen molar-refractivity contribution in [2.45, 2.75) is 45.8 Å². The van der Waals surface area contributed by atoms with Gasteiger partial charge in [-0.15, -0.1) is 0 Å². The summed E-state index contributed by atoms with van der Waals surface area (Å²) < 4.78 is 46.9. The molecule has 40 heavy (non-hydrogen) atoms.